The molecule has 1 aromatic rings. The maximum absolute atomic E-state index is 9.97. The molecule has 0 aliphatic rings. The second-order valence-corrected chi connectivity index (χ2v) is 4.77. The number of benzene rings is 1. The van der Waals surface area contributed by atoms with E-state index < -0.39 is 11.7 Å². The van der Waals surface area contributed by atoms with E-state index in [0.717, 1.165) is 11.3 Å². The van der Waals surface area contributed by atoms with Crippen LogP contribution in [0.25, 0.3) is 0 Å². The van der Waals surface area contributed by atoms with Crippen molar-refractivity contribution in [2.45, 2.75) is 32.0 Å². The van der Waals surface area contributed by atoms with E-state index in [1.54, 1.807) is 14.0 Å². The normalized spacial score (nSPS) is 16.1. The van der Waals surface area contributed by atoms with Crippen LogP contribution in [0.15, 0.2) is 24.3 Å². The molecule has 18 heavy (non-hydrogen) atoms. The number of ether oxygens (including phenoxy) is 1. The Hall–Kier alpha value is -1.10. The van der Waals surface area contributed by atoms with Gasteiger partial charge in [0.15, 0.2) is 0 Å². The lowest BCUT2D eigenvalue weighted by molar-refractivity contribution is 0.0516. The van der Waals surface area contributed by atoms with Gasteiger partial charge in [-0.3, -0.25) is 0 Å². The van der Waals surface area contributed by atoms with Crippen molar-refractivity contribution >= 4 is 0 Å². The van der Waals surface area contributed by atoms with E-state index in [1.807, 2.05) is 31.2 Å². The minimum Gasteiger partial charge on any atom is -0.497 e. The third-order valence-electron chi connectivity index (χ3n) is 3.11. The minimum absolute atomic E-state index is 0.419. The summed E-state index contributed by atoms with van der Waals surface area (Å²) in [5.41, 5.74) is 0.110. The smallest absolute Gasteiger partial charge is 0.118 e. The molecule has 0 aliphatic heterocycles. The Labute approximate surface area is 109 Å². The lowest BCUT2D eigenvalue weighted by Gasteiger charge is -2.22. The van der Waals surface area contributed by atoms with Crippen molar-refractivity contribution in [2.75, 3.05) is 20.2 Å². The summed E-state index contributed by atoms with van der Waals surface area (Å²) in [5.74, 6) is 0.771. The number of rotatable bonds is 7. The molecule has 0 saturated heterocycles. The molecule has 1 rings (SSSR count). The molecular weight excluding hydrogens is 230 g/mol. The maximum atomic E-state index is 9.97. The third-order valence-corrected chi connectivity index (χ3v) is 3.11. The van der Waals surface area contributed by atoms with E-state index in [2.05, 4.69) is 5.32 Å². The van der Waals surface area contributed by atoms with Gasteiger partial charge in [0.25, 0.3) is 0 Å². The molecule has 0 bridgehead atoms. The zero-order chi connectivity index (χ0) is 13.6. The Morgan fingerprint density at radius 1 is 1.33 bits per heavy atom. The molecule has 4 heteroatoms. The molecule has 0 aromatic heterocycles. The van der Waals surface area contributed by atoms with Crippen molar-refractivity contribution in [2.24, 2.45) is 0 Å². The fourth-order valence-corrected chi connectivity index (χ4v) is 1.55. The first-order valence-corrected chi connectivity index (χ1v) is 6.23. The fourth-order valence-electron chi connectivity index (χ4n) is 1.55. The molecule has 4 nitrogen and oxygen atoms in total. The second kappa shape index (κ2) is 6.73. The van der Waals surface area contributed by atoms with E-state index in [9.17, 15) is 10.2 Å². The van der Waals surface area contributed by atoms with Crippen molar-refractivity contribution in [1.82, 2.24) is 5.32 Å². The Kier molecular flexibility index (Phi) is 5.59. The lowest BCUT2D eigenvalue weighted by Crippen LogP contribution is -2.38. The van der Waals surface area contributed by atoms with E-state index in [0.29, 0.717) is 19.5 Å². The van der Waals surface area contributed by atoms with Gasteiger partial charge in [0, 0.05) is 13.1 Å². The zero-order valence-electron chi connectivity index (χ0n) is 11.3. The Bertz CT molecular complexity index is 349. The molecule has 0 saturated carbocycles. The fraction of sp³-hybridized carbons (Fsp3) is 0.571. The van der Waals surface area contributed by atoms with E-state index in [4.69, 9.17) is 4.74 Å². The second-order valence-electron chi connectivity index (χ2n) is 4.77. The number of hydrogen-bond donors (Lipinski definition) is 3. The molecule has 3 N–H and O–H groups in total. The summed E-state index contributed by atoms with van der Waals surface area (Å²) in [7, 11) is 1.61. The Balaban J connectivity index is 2.42. The van der Waals surface area contributed by atoms with Gasteiger partial charge in [-0.05, 0) is 31.0 Å². The van der Waals surface area contributed by atoms with E-state index in [1.165, 1.54) is 0 Å². The van der Waals surface area contributed by atoms with Crippen LogP contribution in [0.1, 0.15) is 31.9 Å². The first-order chi connectivity index (χ1) is 8.48. The number of nitrogens with one attached hydrogen (secondary N) is 1. The van der Waals surface area contributed by atoms with Crippen molar-refractivity contribution in [3.8, 4) is 5.75 Å². The first kappa shape index (κ1) is 15.0. The van der Waals surface area contributed by atoms with Gasteiger partial charge in [-0.2, -0.15) is 0 Å². The highest BCUT2D eigenvalue weighted by Gasteiger charge is 2.17. The van der Waals surface area contributed by atoms with Gasteiger partial charge in [-0.15, -0.1) is 0 Å². The summed E-state index contributed by atoms with van der Waals surface area (Å²) in [6.07, 6.45) is 0.0992. The zero-order valence-corrected chi connectivity index (χ0v) is 11.3. The van der Waals surface area contributed by atoms with Crippen molar-refractivity contribution < 1.29 is 14.9 Å². The summed E-state index contributed by atoms with van der Waals surface area (Å²) < 4.78 is 5.06. The third kappa shape index (κ3) is 4.64. The predicted octanol–water partition coefficient (Wildman–Crippen LogP) is 1.48. The molecule has 2 atom stereocenters. The molecule has 0 spiro atoms. The van der Waals surface area contributed by atoms with Crippen LogP contribution >= 0.6 is 0 Å². The summed E-state index contributed by atoms with van der Waals surface area (Å²) in [6.45, 7) is 4.60. The van der Waals surface area contributed by atoms with Crippen LogP contribution in [0.4, 0.5) is 0 Å². The van der Waals surface area contributed by atoms with Crippen LogP contribution in [-0.4, -0.2) is 36.0 Å². The molecule has 1 aromatic carbocycles. The highest BCUT2D eigenvalue weighted by molar-refractivity contribution is 5.28. The Morgan fingerprint density at radius 3 is 2.44 bits per heavy atom. The first-order valence-electron chi connectivity index (χ1n) is 6.23. The van der Waals surface area contributed by atoms with Crippen molar-refractivity contribution in [3.63, 3.8) is 0 Å². The summed E-state index contributed by atoms with van der Waals surface area (Å²) in [6, 6.07) is 7.31. The SMILES string of the molecule is CCC(C)(O)CNCC(O)c1ccc(OC)cc1. The van der Waals surface area contributed by atoms with Crippen LogP contribution in [0.3, 0.4) is 0 Å². The van der Waals surface area contributed by atoms with Gasteiger partial charge in [-0.25, -0.2) is 0 Å². The Morgan fingerprint density at radius 2 is 1.94 bits per heavy atom. The van der Waals surface area contributed by atoms with Crippen LogP contribution < -0.4 is 10.1 Å². The number of hydrogen-bond acceptors (Lipinski definition) is 4. The molecule has 0 heterocycles. The number of aliphatic hydroxyl groups excluding tert-OH is 1. The lowest BCUT2D eigenvalue weighted by atomic mass is 10.0. The molecular formula is C14H23NO3. The van der Waals surface area contributed by atoms with Crippen molar-refractivity contribution in [3.05, 3.63) is 29.8 Å². The molecule has 2 unspecified atom stereocenters. The number of aliphatic hydroxyl groups is 2. The van der Waals surface area contributed by atoms with Gasteiger partial charge in [0.1, 0.15) is 5.75 Å². The summed E-state index contributed by atoms with van der Waals surface area (Å²) in [4.78, 5) is 0. The van der Waals surface area contributed by atoms with Crippen molar-refractivity contribution in [1.29, 1.82) is 0 Å². The van der Waals surface area contributed by atoms with Crippen LogP contribution in [0.5, 0.6) is 5.75 Å². The predicted molar refractivity (Wildman–Crippen MR) is 71.7 cm³/mol. The minimum atomic E-state index is -0.723. The highest BCUT2D eigenvalue weighted by Crippen LogP contribution is 2.17. The van der Waals surface area contributed by atoms with Gasteiger partial charge in [0.05, 0.1) is 18.8 Å². The standard InChI is InChI=1S/C14H23NO3/c1-4-14(2,17)10-15-9-13(16)11-5-7-12(18-3)8-6-11/h5-8,13,15-17H,4,9-10H2,1-3H3. The summed E-state index contributed by atoms with van der Waals surface area (Å²) >= 11 is 0. The van der Waals surface area contributed by atoms with Crippen LogP contribution in [0, 0.1) is 0 Å². The van der Waals surface area contributed by atoms with E-state index >= 15 is 0 Å². The molecule has 0 fully saturated rings. The van der Waals surface area contributed by atoms with Gasteiger partial charge < -0.3 is 20.3 Å². The quantitative estimate of drug-likeness (QED) is 0.689. The largest absolute Gasteiger partial charge is 0.497 e. The molecule has 102 valence electrons. The number of methoxy groups -OCH3 is 1. The topological polar surface area (TPSA) is 61.7 Å². The monoisotopic (exact) mass is 253 g/mol. The van der Waals surface area contributed by atoms with Gasteiger partial charge >= 0.3 is 0 Å². The van der Waals surface area contributed by atoms with E-state index in [-0.39, 0.29) is 0 Å². The van der Waals surface area contributed by atoms with Gasteiger partial charge in [0.2, 0.25) is 0 Å². The maximum Gasteiger partial charge on any atom is 0.118 e. The average molecular weight is 253 g/mol. The highest BCUT2D eigenvalue weighted by atomic mass is 16.5. The molecule has 0 radical (unpaired) electrons. The molecule has 0 amide bonds. The summed E-state index contributed by atoms with van der Waals surface area (Å²) in [5, 5.41) is 22.9. The molecule has 0 aliphatic carbocycles. The van der Waals surface area contributed by atoms with Gasteiger partial charge in [-0.1, -0.05) is 19.1 Å². The average Bonchev–Trinajstić information content (AvgIpc) is 2.38. The van der Waals surface area contributed by atoms with Crippen LogP contribution in [0.2, 0.25) is 0 Å². The van der Waals surface area contributed by atoms with Crippen LogP contribution in [-0.2, 0) is 0 Å².